The highest BCUT2D eigenvalue weighted by molar-refractivity contribution is 5.89. The van der Waals surface area contributed by atoms with Crippen LogP contribution >= 0.6 is 0 Å². The van der Waals surface area contributed by atoms with Crippen LogP contribution in [0.5, 0.6) is 0 Å². The number of fused-ring (bicyclic) bond motifs is 3. The van der Waals surface area contributed by atoms with Crippen molar-refractivity contribution in [2.45, 2.75) is 50.3 Å². The minimum absolute atomic E-state index is 0.152. The maximum Gasteiger partial charge on any atom is 0.338 e. The van der Waals surface area contributed by atoms with Crippen LogP contribution in [-0.4, -0.2) is 23.7 Å². The second kappa shape index (κ2) is 4.49. The van der Waals surface area contributed by atoms with E-state index in [1.54, 1.807) is 18.2 Å². The molecule has 1 aromatic carbocycles. The third kappa shape index (κ3) is 1.97. The molecule has 1 aromatic rings. The first-order valence-electron chi connectivity index (χ1n) is 7.11. The Bertz CT molecular complexity index is 548. The average molecular weight is 298 g/mol. The molecule has 0 radical (unpaired) electrons. The van der Waals surface area contributed by atoms with E-state index in [0.717, 1.165) is 0 Å². The number of halogens is 3. The van der Waals surface area contributed by atoms with Crippen molar-refractivity contribution in [2.75, 3.05) is 0 Å². The van der Waals surface area contributed by atoms with E-state index in [4.69, 9.17) is 4.74 Å². The molecule has 0 saturated heterocycles. The maximum absolute atomic E-state index is 14.4. The van der Waals surface area contributed by atoms with Gasteiger partial charge in [0.05, 0.1) is 5.56 Å². The van der Waals surface area contributed by atoms with E-state index in [1.807, 2.05) is 0 Å². The quantitative estimate of drug-likeness (QED) is 0.767. The fourth-order valence-corrected chi connectivity index (χ4v) is 3.42. The predicted octanol–water partition coefficient (Wildman–Crippen LogP) is 4.15. The molecule has 1 unspecified atom stereocenters. The summed E-state index contributed by atoms with van der Waals surface area (Å²) in [5.74, 6) is -4.19. The fourth-order valence-electron chi connectivity index (χ4n) is 3.42. The molecule has 4 rings (SSSR count). The highest BCUT2D eigenvalue weighted by atomic mass is 19.3. The molecule has 1 atom stereocenters. The number of carbonyl (C=O) groups excluding carboxylic acids is 1. The van der Waals surface area contributed by atoms with Crippen LogP contribution in [0.3, 0.4) is 0 Å². The van der Waals surface area contributed by atoms with Crippen molar-refractivity contribution in [2.24, 2.45) is 5.41 Å². The number of hydrogen-bond acceptors (Lipinski definition) is 2. The van der Waals surface area contributed by atoms with Crippen LogP contribution < -0.4 is 0 Å². The molecule has 5 heteroatoms. The molecule has 3 saturated carbocycles. The molecule has 3 fully saturated rings. The highest BCUT2D eigenvalue weighted by Crippen LogP contribution is 2.62. The second-order valence-electron chi connectivity index (χ2n) is 6.37. The molecule has 21 heavy (non-hydrogen) atoms. The van der Waals surface area contributed by atoms with Gasteiger partial charge in [0, 0.05) is 5.41 Å². The number of esters is 1. The molecule has 0 aliphatic heterocycles. The normalized spacial score (nSPS) is 37.2. The summed E-state index contributed by atoms with van der Waals surface area (Å²) >= 11 is 0. The number of ether oxygens (including phenoxy) is 1. The lowest BCUT2D eigenvalue weighted by Crippen LogP contribution is -2.67. The van der Waals surface area contributed by atoms with Crippen LogP contribution in [0.15, 0.2) is 30.3 Å². The molecular formula is C16H17F3O2. The first-order chi connectivity index (χ1) is 9.81. The summed E-state index contributed by atoms with van der Waals surface area (Å²) in [5.41, 5.74) is -2.76. The molecule has 0 aromatic heterocycles. The SMILES string of the molecule is CC12CCC(OC(=O)c3ccccc3)(CC1)C(F)C2(F)F. The molecular weight excluding hydrogens is 281 g/mol. The zero-order valence-electron chi connectivity index (χ0n) is 11.7. The van der Waals surface area contributed by atoms with Crippen molar-refractivity contribution in [3.63, 3.8) is 0 Å². The Morgan fingerprint density at radius 1 is 1.14 bits per heavy atom. The number of benzene rings is 1. The first kappa shape index (κ1) is 14.4. The molecule has 3 aliphatic carbocycles. The van der Waals surface area contributed by atoms with E-state index in [0.29, 0.717) is 0 Å². The summed E-state index contributed by atoms with van der Waals surface area (Å²) in [6.45, 7) is 1.42. The van der Waals surface area contributed by atoms with Gasteiger partial charge in [-0.3, -0.25) is 0 Å². The van der Waals surface area contributed by atoms with Gasteiger partial charge in [-0.1, -0.05) is 25.1 Å². The molecule has 114 valence electrons. The first-order valence-corrected chi connectivity index (χ1v) is 7.11. The lowest BCUT2D eigenvalue weighted by Gasteiger charge is -2.56. The van der Waals surface area contributed by atoms with Crippen molar-refractivity contribution in [1.82, 2.24) is 0 Å². The van der Waals surface area contributed by atoms with Crippen LogP contribution in [0.4, 0.5) is 13.2 Å². The van der Waals surface area contributed by atoms with Crippen LogP contribution in [0, 0.1) is 5.41 Å². The minimum atomic E-state index is -3.46. The Kier molecular flexibility index (Phi) is 3.08. The summed E-state index contributed by atoms with van der Waals surface area (Å²) in [5, 5.41) is 0. The third-order valence-corrected chi connectivity index (χ3v) is 5.09. The molecule has 0 heterocycles. The zero-order valence-corrected chi connectivity index (χ0v) is 11.7. The van der Waals surface area contributed by atoms with E-state index in [2.05, 4.69) is 0 Å². The lowest BCUT2D eigenvalue weighted by atomic mass is 9.56. The lowest BCUT2D eigenvalue weighted by molar-refractivity contribution is -0.282. The van der Waals surface area contributed by atoms with Gasteiger partial charge < -0.3 is 4.74 Å². The van der Waals surface area contributed by atoms with Gasteiger partial charge in [-0.15, -0.1) is 0 Å². The molecule has 0 N–H and O–H groups in total. The number of hydrogen-bond donors (Lipinski definition) is 0. The molecule has 0 amide bonds. The highest BCUT2D eigenvalue weighted by Gasteiger charge is 2.71. The van der Waals surface area contributed by atoms with Crippen LogP contribution in [-0.2, 0) is 4.74 Å². The van der Waals surface area contributed by atoms with Gasteiger partial charge in [-0.25, -0.2) is 18.0 Å². The summed E-state index contributed by atoms with van der Waals surface area (Å²) in [6.07, 6.45) is -1.80. The Morgan fingerprint density at radius 3 is 2.29 bits per heavy atom. The minimum Gasteiger partial charge on any atom is -0.452 e. The van der Waals surface area contributed by atoms with E-state index in [9.17, 15) is 18.0 Å². The van der Waals surface area contributed by atoms with Crippen molar-refractivity contribution in [3.05, 3.63) is 35.9 Å². The van der Waals surface area contributed by atoms with Crippen molar-refractivity contribution in [3.8, 4) is 0 Å². The number of alkyl halides is 3. The third-order valence-electron chi connectivity index (χ3n) is 5.09. The fraction of sp³-hybridized carbons (Fsp3) is 0.562. The molecule has 2 bridgehead atoms. The maximum atomic E-state index is 14.4. The van der Waals surface area contributed by atoms with E-state index < -0.39 is 29.1 Å². The second-order valence-corrected chi connectivity index (χ2v) is 6.37. The number of rotatable bonds is 2. The van der Waals surface area contributed by atoms with Crippen LogP contribution in [0.1, 0.15) is 43.0 Å². The zero-order chi connectivity index (χ0) is 15.3. The Labute approximate surface area is 121 Å². The predicted molar refractivity (Wildman–Crippen MR) is 71.0 cm³/mol. The Balaban J connectivity index is 1.87. The van der Waals surface area contributed by atoms with Gasteiger partial charge in [-0.2, -0.15) is 0 Å². The van der Waals surface area contributed by atoms with Gasteiger partial charge in [0.15, 0.2) is 0 Å². The largest absolute Gasteiger partial charge is 0.452 e. The van der Waals surface area contributed by atoms with E-state index >= 15 is 0 Å². The van der Waals surface area contributed by atoms with Crippen molar-refractivity contribution >= 4 is 5.97 Å². The van der Waals surface area contributed by atoms with Crippen LogP contribution in [0.25, 0.3) is 0 Å². The van der Waals surface area contributed by atoms with Crippen LogP contribution in [0.2, 0.25) is 0 Å². The van der Waals surface area contributed by atoms with Gasteiger partial charge >= 0.3 is 5.97 Å². The summed E-state index contributed by atoms with van der Waals surface area (Å²) in [7, 11) is 0. The van der Waals surface area contributed by atoms with Gasteiger partial charge in [0.2, 0.25) is 6.17 Å². The van der Waals surface area contributed by atoms with E-state index in [-0.39, 0.29) is 31.2 Å². The summed E-state index contributed by atoms with van der Waals surface area (Å²) < 4.78 is 48.1. The topological polar surface area (TPSA) is 26.3 Å². The van der Waals surface area contributed by atoms with Gasteiger partial charge in [-0.05, 0) is 37.8 Å². The standard InChI is InChI=1S/C16H17F3O2/c1-14-7-9-15(10-8-14,13(17)16(14,18)19)21-12(20)11-5-3-2-4-6-11/h2-6,13H,7-10H2,1H3. The average Bonchev–Trinajstić information content (AvgIpc) is 2.48. The summed E-state index contributed by atoms with van der Waals surface area (Å²) in [4.78, 5) is 12.1. The number of carbonyl (C=O) groups is 1. The molecule has 0 spiro atoms. The van der Waals surface area contributed by atoms with Crippen molar-refractivity contribution in [1.29, 1.82) is 0 Å². The monoisotopic (exact) mass is 298 g/mol. The van der Waals surface area contributed by atoms with Gasteiger partial charge in [0.1, 0.15) is 5.60 Å². The molecule has 2 nitrogen and oxygen atoms in total. The van der Waals surface area contributed by atoms with Gasteiger partial charge in [0.25, 0.3) is 5.92 Å². The van der Waals surface area contributed by atoms with Crippen molar-refractivity contribution < 1.29 is 22.7 Å². The summed E-state index contributed by atoms with van der Waals surface area (Å²) in [6, 6.07) is 8.08. The Hall–Kier alpha value is -1.52. The smallest absolute Gasteiger partial charge is 0.338 e. The molecule has 3 aliphatic rings. The Morgan fingerprint density at radius 2 is 1.71 bits per heavy atom. The van der Waals surface area contributed by atoms with E-state index in [1.165, 1.54) is 19.1 Å².